The van der Waals surface area contributed by atoms with Crippen molar-refractivity contribution in [1.82, 2.24) is 9.88 Å². The van der Waals surface area contributed by atoms with Crippen molar-refractivity contribution in [3.8, 4) is 5.75 Å². The van der Waals surface area contributed by atoms with Crippen molar-refractivity contribution in [3.63, 3.8) is 0 Å². The van der Waals surface area contributed by atoms with E-state index in [-0.39, 0.29) is 30.1 Å². The molecule has 1 aliphatic heterocycles. The van der Waals surface area contributed by atoms with Crippen molar-refractivity contribution in [1.29, 1.82) is 0 Å². The number of halogens is 1. The lowest BCUT2D eigenvalue weighted by Gasteiger charge is -2.38. The van der Waals surface area contributed by atoms with Gasteiger partial charge in [-0.3, -0.25) is 19.5 Å². The molecular weight excluding hydrogens is 492 g/mol. The highest BCUT2D eigenvalue weighted by Gasteiger charge is 2.53. The number of aromatic nitrogens is 1. The Morgan fingerprint density at radius 1 is 1.22 bits per heavy atom. The molecule has 4 atom stereocenters. The van der Waals surface area contributed by atoms with Crippen LogP contribution in [0.2, 0.25) is 5.02 Å². The summed E-state index contributed by atoms with van der Waals surface area (Å²) in [5, 5.41) is 32.0. The normalized spacial score (nSPS) is 23.2. The van der Waals surface area contributed by atoms with Gasteiger partial charge < -0.3 is 15.3 Å². The van der Waals surface area contributed by atoms with E-state index in [1.165, 1.54) is 13.1 Å². The molecule has 1 aromatic carbocycles. The molecule has 0 saturated carbocycles. The monoisotopic (exact) mass is 524 g/mol. The Balaban J connectivity index is 1.67. The van der Waals surface area contributed by atoms with Crippen molar-refractivity contribution >= 4 is 35.1 Å². The van der Waals surface area contributed by atoms with Gasteiger partial charge in [0.05, 0.1) is 35.3 Å². The van der Waals surface area contributed by atoms with Crippen LogP contribution in [0.1, 0.15) is 44.4 Å². The molecule has 2 aromatic rings. The van der Waals surface area contributed by atoms with Crippen LogP contribution in [0.25, 0.3) is 11.6 Å². The number of aliphatic hydroxyl groups is 2. The van der Waals surface area contributed by atoms with Crippen molar-refractivity contribution in [2.75, 3.05) is 13.7 Å². The zero-order valence-corrected chi connectivity index (χ0v) is 22.0. The molecule has 1 saturated heterocycles. The molecule has 2 heterocycles. The molecule has 37 heavy (non-hydrogen) atoms. The first-order valence-corrected chi connectivity index (χ1v) is 13.0. The Bertz CT molecular complexity index is 1240. The molecule has 0 spiro atoms. The second-order valence-electron chi connectivity index (χ2n) is 10.1. The van der Waals surface area contributed by atoms with Gasteiger partial charge in [-0.05, 0) is 78.3 Å². The highest BCUT2D eigenvalue weighted by Crippen LogP contribution is 2.47. The number of phenols is 1. The number of fused-ring (bicyclic) bond motifs is 1. The molecule has 1 fully saturated rings. The Kier molecular flexibility index (Phi) is 8.17. The van der Waals surface area contributed by atoms with Crippen LogP contribution in [0.5, 0.6) is 5.75 Å². The quantitative estimate of drug-likeness (QED) is 0.350. The van der Waals surface area contributed by atoms with Gasteiger partial charge in [0.1, 0.15) is 5.75 Å². The summed E-state index contributed by atoms with van der Waals surface area (Å²) in [5.74, 6) is -2.15. The van der Waals surface area contributed by atoms with E-state index in [1.807, 2.05) is 38.1 Å². The maximum Gasteiger partial charge on any atom is 0.233 e. The molecule has 7 nitrogen and oxygen atoms in total. The highest BCUT2D eigenvalue weighted by atomic mass is 35.5. The maximum atomic E-state index is 12.9. The van der Waals surface area contributed by atoms with Crippen LogP contribution in [-0.2, 0) is 9.59 Å². The van der Waals surface area contributed by atoms with Crippen LogP contribution in [0.3, 0.4) is 0 Å². The number of nitrogens with zero attached hydrogens (tertiary/aromatic N) is 2. The number of aliphatic hydroxyl groups excluding tert-OH is 2. The summed E-state index contributed by atoms with van der Waals surface area (Å²) in [6, 6.07) is 10.3. The van der Waals surface area contributed by atoms with Gasteiger partial charge in [0.2, 0.25) is 11.8 Å². The summed E-state index contributed by atoms with van der Waals surface area (Å²) in [7, 11) is 1.49. The molecule has 0 bridgehead atoms. The number of imide groups is 1. The summed E-state index contributed by atoms with van der Waals surface area (Å²) < 4.78 is 0. The third-order valence-corrected chi connectivity index (χ3v) is 7.92. The number of aromatic hydroxyl groups is 1. The van der Waals surface area contributed by atoms with E-state index in [1.54, 1.807) is 18.3 Å². The largest absolute Gasteiger partial charge is 0.508 e. The van der Waals surface area contributed by atoms with E-state index in [0.717, 1.165) is 21.7 Å². The fourth-order valence-electron chi connectivity index (χ4n) is 5.70. The summed E-state index contributed by atoms with van der Waals surface area (Å²) >= 11 is 6.35. The van der Waals surface area contributed by atoms with Crippen molar-refractivity contribution < 1.29 is 24.9 Å². The van der Waals surface area contributed by atoms with Gasteiger partial charge in [0.15, 0.2) is 0 Å². The summed E-state index contributed by atoms with van der Waals surface area (Å²) in [6.45, 7) is 3.70. The zero-order chi connectivity index (χ0) is 26.9. The maximum absolute atomic E-state index is 12.9. The molecule has 1 aromatic heterocycles. The second kappa shape index (κ2) is 11.2. The lowest BCUT2D eigenvalue weighted by Crippen LogP contribution is -2.39. The summed E-state index contributed by atoms with van der Waals surface area (Å²) in [5.41, 5.74) is 3.91. The smallest absolute Gasteiger partial charge is 0.233 e. The first kappa shape index (κ1) is 27.0. The van der Waals surface area contributed by atoms with Gasteiger partial charge in [-0.25, -0.2) is 0 Å². The fourth-order valence-corrected chi connectivity index (χ4v) is 5.93. The van der Waals surface area contributed by atoms with Crippen LogP contribution in [0, 0.1) is 23.7 Å². The van der Waals surface area contributed by atoms with Gasteiger partial charge >= 0.3 is 0 Å². The van der Waals surface area contributed by atoms with E-state index >= 15 is 0 Å². The highest BCUT2D eigenvalue weighted by molar-refractivity contribution is 6.32. The van der Waals surface area contributed by atoms with Crippen LogP contribution >= 0.6 is 11.6 Å². The molecule has 196 valence electrons. The van der Waals surface area contributed by atoms with Gasteiger partial charge in [0.25, 0.3) is 0 Å². The molecule has 0 radical (unpaired) electrons. The molecular formula is C29H33ClN2O5. The number of amides is 2. The molecule has 0 unspecified atom stereocenters. The zero-order valence-electron chi connectivity index (χ0n) is 21.3. The van der Waals surface area contributed by atoms with E-state index < -0.39 is 23.9 Å². The van der Waals surface area contributed by atoms with Crippen LogP contribution in [-0.4, -0.2) is 56.8 Å². The Labute approximate surface area is 222 Å². The van der Waals surface area contributed by atoms with Gasteiger partial charge in [0, 0.05) is 19.2 Å². The predicted octanol–water partition coefficient (Wildman–Crippen LogP) is 4.32. The third kappa shape index (κ3) is 5.35. The van der Waals surface area contributed by atoms with Crippen molar-refractivity contribution in [2.24, 2.45) is 23.7 Å². The lowest BCUT2D eigenvalue weighted by atomic mass is 9.66. The van der Waals surface area contributed by atoms with E-state index in [9.17, 15) is 24.9 Å². The average Bonchev–Trinajstić information content (AvgIpc) is 3.10. The fraction of sp³-hybridized carbons (Fsp3) is 0.414. The summed E-state index contributed by atoms with van der Waals surface area (Å²) in [6.07, 6.45) is 3.86. The first-order chi connectivity index (χ1) is 17.6. The van der Waals surface area contributed by atoms with Gasteiger partial charge in [-0.15, -0.1) is 0 Å². The molecule has 8 heteroatoms. The molecule has 1 aliphatic carbocycles. The third-order valence-electron chi connectivity index (χ3n) is 7.59. The number of carbonyl (C=O) groups is 2. The number of phenolic OH excluding ortho intramolecular Hbond substituents is 1. The topological polar surface area (TPSA) is 111 Å². The molecule has 3 N–H and O–H groups in total. The van der Waals surface area contributed by atoms with E-state index in [4.69, 9.17) is 11.6 Å². The number of benzene rings is 1. The predicted molar refractivity (Wildman–Crippen MR) is 142 cm³/mol. The second-order valence-corrected chi connectivity index (χ2v) is 10.5. The number of hydrogen-bond acceptors (Lipinski definition) is 6. The van der Waals surface area contributed by atoms with Gasteiger partial charge in [-0.2, -0.15) is 0 Å². The van der Waals surface area contributed by atoms with Crippen LogP contribution in [0.15, 0.2) is 53.7 Å². The number of rotatable bonds is 8. The minimum atomic E-state index is -0.910. The molecule has 4 rings (SSSR count). The minimum absolute atomic E-state index is 0.0510. The van der Waals surface area contributed by atoms with Crippen LogP contribution in [0.4, 0.5) is 0 Å². The Morgan fingerprint density at radius 3 is 2.59 bits per heavy atom. The molecule has 2 amide bonds. The first-order valence-electron chi connectivity index (χ1n) is 12.6. The number of pyridine rings is 1. The number of carbonyl (C=O) groups excluding carboxylic acids is 2. The Hall–Kier alpha value is -3.00. The van der Waals surface area contributed by atoms with E-state index in [2.05, 4.69) is 4.98 Å². The SMILES string of the molecule is CC(C)C1=C([C@H](O)CC/C(=C/c2ccc(O)cc2Cl)c2ccccn2)[C@H](CO)[C@@H]2C(=O)N(C)C(=O)[C@@H]2C1. The number of hydrogen-bond donors (Lipinski definition) is 3. The van der Waals surface area contributed by atoms with Crippen molar-refractivity contribution in [3.05, 3.63) is 70.0 Å². The molecule has 2 aliphatic rings. The van der Waals surface area contributed by atoms with Crippen molar-refractivity contribution in [2.45, 2.75) is 39.2 Å². The minimum Gasteiger partial charge on any atom is -0.508 e. The Morgan fingerprint density at radius 2 is 1.97 bits per heavy atom. The summed E-state index contributed by atoms with van der Waals surface area (Å²) in [4.78, 5) is 31.3. The average molecular weight is 525 g/mol. The lowest BCUT2D eigenvalue weighted by molar-refractivity contribution is -0.138. The number of allylic oxidation sites excluding steroid dienone is 2. The standard InChI is InChI=1S/C29H33ClN2O5/c1-16(2)20-14-21-27(29(37)32(3)28(21)36)22(15-33)26(20)25(35)10-8-18(24-6-4-5-11-31-24)12-17-7-9-19(34)13-23(17)30/h4-7,9,11-13,16,21-22,25,27,33-35H,8,10,14-15H2,1-3H3/b18-12-/t21-,22+,25-,27-/m1/s1. The van der Waals surface area contributed by atoms with Gasteiger partial charge in [-0.1, -0.05) is 37.1 Å². The van der Waals surface area contributed by atoms with Crippen LogP contribution < -0.4 is 0 Å². The number of likely N-dealkylation sites (tertiary alicyclic amines) is 1. The van der Waals surface area contributed by atoms with E-state index in [0.29, 0.717) is 35.4 Å².